The van der Waals surface area contributed by atoms with Crippen molar-refractivity contribution >= 4 is 0 Å². The molecule has 0 saturated carbocycles. The summed E-state index contributed by atoms with van der Waals surface area (Å²) in [6, 6.07) is 0.499. The van der Waals surface area contributed by atoms with Gasteiger partial charge in [-0.15, -0.1) is 0 Å². The van der Waals surface area contributed by atoms with Crippen LogP contribution in [0.3, 0.4) is 0 Å². The molecule has 0 aliphatic heterocycles. The van der Waals surface area contributed by atoms with Gasteiger partial charge in [-0.25, -0.2) is 0 Å². The first-order valence-corrected chi connectivity index (χ1v) is 5.32. The number of methoxy groups -OCH3 is 1. The summed E-state index contributed by atoms with van der Waals surface area (Å²) in [6.45, 7) is 10.9. The molecule has 0 saturated heterocycles. The molecule has 0 spiro atoms. The van der Waals surface area contributed by atoms with Gasteiger partial charge in [-0.05, 0) is 34.1 Å². The lowest BCUT2D eigenvalue weighted by Crippen LogP contribution is -2.32. The zero-order chi connectivity index (χ0) is 11.0. The molecule has 0 bridgehead atoms. The van der Waals surface area contributed by atoms with E-state index >= 15 is 0 Å². The van der Waals surface area contributed by atoms with Gasteiger partial charge in [0.05, 0.1) is 12.2 Å². The minimum absolute atomic E-state index is 0.0303. The molecule has 0 fully saturated rings. The van der Waals surface area contributed by atoms with Crippen LogP contribution in [0.25, 0.3) is 0 Å². The summed E-state index contributed by atoms with van der Waals surface area (Å²) in [7, 11) is 1.73. The van der Waals surface area contributed by atoms with E-state index in [1.54, 1.807) is 7.11 Å². The SMILES string of the molecule is COCCC(C)NCCOC(C)(C)C. The number of hydrogen-bond acceptors (Lipinski definition) is 3. The lowest BCUT2D eigenvalue weighted by Gasteiger charge is -2.20. The Hall–Kier alpha value is -0.120. The third-order valence-electron chi connectivity index (χ3n) is 1.88. The van der Waals surface area contributed by atoms with E-state index in [0.29, 0.717) is 6.04 Å². The molecule has 3 heteroatoms. The number of nitrogens with one attached hydrogen (secondary N) is 1. The molecule has 0 aliphatic carbocycles. The van der Waals surface area contributed by atoms with Crippen molar-refractivity contribution in [3.05, 3.63) is 0 Å². The fourth-order valence-electron chi connectivity index (χ4n) is 1.06. The van der Waals surface area contributed by atoms with Crippen molar-refractivity contribution in [1.29, 1.82) is 0 Å². The maximum atomic E-state index is 5.59. The van der Waals surface area contributed by atoms with Crippen LogP contribution in [-0.2, 0) is 9.47 Å². The fourth-order valence-corrected chi connectivity index (χ4v) is 1.06. The quantitative estimate of drug-likeness (QED) is 0.640. The van der Waals surface area contributed by atoms with Crippen molar-refractivity contribution in [2.24, 2.45) is 0 Å². The molecule has 1 atom stereocenters. The van der Waals surface area contributed by atoms with Crippen LogP contribution in [0.4, 0.5) is 0 Å². The van der Waals surface area contributed by atoms with Crippen molar-refractivity contribution < 1.29 is 9.47 Å². The molecule has 1 unspecified atom stereocenters. The predicted octanol–water partition coefficient (Wildman–Crippen LogP) is 1.82. The van der Waals surface area contributed by atoms with Gasteiger partial charge in [0.15, 0.2) is 0 Å². The van der Waals surface area contributed by atoms with Crippen LogP contribution in [0.2, 0.25) is 0 Å². The zero-order valence-electron chi connectivity index (χ0n) is 10.2. The molecule has 86 valence electrons. The summed E-state index contributed by atoms with van der Waals surface area (Å²) in [5.41, 5.74) is -0.0303. The molecule has 0 aromatic carbocycles. The summed E-state index contributed by atoms with van der Waals surface area (Å²) < 4.78 is 10.6. The molecule has 0 amide bonds. The van der Waals surface area contributed by atoms with Crippen LogP contribution in [0, 0.1) is 0 Å². The Balaban J connectivity index is 3.27. The monoisotopic (exact) mass is 203 g/mol. The van der Waals surface area contributed by atoms with E-state index in [1.165, 1.54) is 0 Å². The second-order valence-electron chi connectivity index (χ2n) is 4.60. The average molecular weight is 203 g/mol. The van der Waals surface area contributed by atoms with Crippen LogP contribution in [0.1, 0.15) is 34.1 Å². The molecular weight excluding hydrogens is 178 g/mol. The minimum atomic E-state index is -0.0303. The third-order valence-corrected chi connectivity index (χ3v) is 1.88. The number of hydrogen-bond donors (Lipinski definition) is 1. The highest BCUT2D eigenvalue weighted by Gasteiger charge is 2.09. The van der Waals surface area contributed by atoms with E-state index in [0.717, 1.165) is 26.2 Å². The number of ether oxygens (including phenoxy) is 2. The van der Waals surface area contributed by atoms with Gasteiger partial charge in [0.25, 0.3) is 0 Å². The molecule has 1 N–H and O–H groups in total. The Morgan fingerprint density at radius 3 is 2.36 bits per heavy atom. The van der Waals surface area contributed by atoms with Crippen molar-refractivity contribution in [3.63, 3.8) is 0 Å². The molecule has 0 radical (unpaired) electrons. The highest BCUT2D eigenvalue weighted by Crippen LogP contribution is 2.05. The molecular formula is C11H25NO2. The highest BCUT2D eigenvalue weighted by molar-refractivity contribution is 4.62. The van der Waals surface area contributed by atoms with Gasteiger partial charge >= 0.3 is 0 Å². The van der Waals surface area contributed by atoms with E-state index in [1.807, 2.05) is 0 Å². The Labute approximate surface area is 88.2 Å². The molecule has 0 rings (SSSR count). The van der Waals surface area contributed by atoms with E-state index in [4.69, 9.17) is 9.47 Å². The van der Waals surface area contributed by atoms with Crippen molar-refractivity contribution in [3.8, 4) is 0 Å². The molecule has 0 aliphatic rings. The standard InChI is InChI=1S/C11H25NO2/c1-10(6-8-13-5)12-7-9-14-11(2,3)4/h10,12H,6-9H2,1-5H3. The topological polar surface area (TPSA) is 30.5 Å². The van der Waals surface area contributed by atoms with Gasteiger partial charge in [0, 0.05) is 26.3 Å². The Kier molecular flexibility index (Phi) is 7.15. The lowest BCUT2D eigenvalue weighted by atomic mass is 10.2. The Morgan fingerprint density at radius 2 is 1.86 bits per heavy atom. The van der Waals surface area contributed by atoms with Crippen molar-refractivity contribution in [2.75, 3.05) is 26.9 Å². The second-order valence-corrected chi connectivity index (χ2v) is 4.60. The first-order chi connectivity index (χ1) is 6.45. The number of rotatable bonds is 7. The van der Waals surface area contributed by atoms with Gasteiger partial charge in [0.1, 0.15) is 0 Å². The first-order valence-electron chi connectivity index (χ1n) is 5.32. The van der Waals surface area contributed by atoms with E-state index in [9.17, 15) is 0 Å². The molecule has 14 heavy (non-hydrogen) atoms. The average Bonchev–Trinajstić information content (AvgIpc) is 2.07. The van der Waals surface area contributed by atoms with Gasteiger partial charge in [0.2, 0.25) is 0 Å². The van der Waals surface area contributed by atoms with Crippen LogP contribution in [0.15, 0.2) is 0 Å². The van der Waals surface area contributed by atoms with Gasteiger partial charge in [-0.2, -0.15) is 0 Å². The summed E-state index contributed by atoms with van der Waals surface area (Å²) in [5.74, 6) is 0. The molecule has 0 aromatic rings. The summed E-state index contributed by atoms with van der Waals surface area (Å²) in [4.78, 5) is 0. The zero-order valence-corrected chi connectivity index (χ0v) is 10.2. The van der Waals surface area contributed by atoms with Crippen LogP contribution in [-0.4, -0.2) is 38.5 Å². The molecule has 3 nitrogen and oxygen atoms in total. The smallest absolute Gasteiger partial charge is 0.0599 e. The summed E-state index contributed by atoms with van der Waals surface area (Å²) in [6.07, 6.45) is 1.05. The molecule has 0 aromatic heterocycles. The minimum Gasteiger partial charge on any atom is -0.385 e. The Bertz CT molecular complexity index is 132. The maximum Gasteiger partial charge on any atom is 0.0599 e. The van der Waals surface area contributed by atoms with E-state index in [2.05, 4.69) is 33.0 Å². The second kappa shape index (κ2) is 7.21. The third kappa shape index (κ3) is 9.96. The van der Waals surface area contributed by atoms with Gasteiger partial charge in [-0.3, -0.25) is 0 Å². The predicted molar refractivity (Wildman–Crippen MR) is 59.7 cm³/mol. The van der Waals surface area contributed by atoms with E-state index < -0.39 is 0 Å². The first kappa shape index (κ1) is 13.9. The normalized spacial score (nSPS) is 14.4. The van der Waals surface area contributed by atoms with Crippen LogP contribution in [0.5, 0.6) is 0 Å². The summed E-state index contributed by atoms with van der Waals surface area (Å²) in [5, 5.41) is 3.38. The maximum absolute atomic E-state index is 5.59. The largest absolute Gasteiger partial charge is 0.385 e. The van der Waals surface area contributed by atoms with Crippen molar-refractivity contribution in [2.45, 2.75) is 45.8 Å². The molecule has 0 heterocycles. The highest BCUT2D eigenvalue weighted by atomic mass is 16.5. The fraction of sp³-hybridized carbons (Fsp3) is 1.00. The van der Waals surface area contributed by atoms with Gasteiger partial charge < -0.3 is 14.8 Å². The summed E-state index contributed by atoms with van der Waals surface area (Å²) >= 11 is 0. The van der Waals surface area contributed by atoms with Crippen molar-refractivity contribution in [1.82, 2.24) is 5.32 Å². The van der Waals surface area contributed by atoms with Gasteiger partial charge in [-0.1, -0.05) is 0 Å². The van der Waals surface area contributed by atoms with E-state index in [-0.39, 0.29) is 5.60 Å². The van der Waals surface area contributed by atoms with Crippen LogP contribution >= 0.6 is 0 Å². The lowest BCUT2D eigenvalue weighted by molar-refractivity contribution is -0.00173. The van der Waals surface area contributed by atoms with Crippen LogP contribution < -0.4 is 5.32 Å². The Morgan fingerprint density at radius 1 is 1.21 bits per heavy atom.